The van der Waals surface area contributed by atoms with Crippen molar-refractivity contribution in [2.45, 2.75) is 14.4 Å². The van der Waals surface area contributed by atoms with Gasteiger partial charge in [-0.25, -0.2) is 9.82 Å². The second-order valence-electron chi connectivity index (χ2n) is 5.50. The number of hydrogen-bond acceptors (Lipinski definition) is 7. The Morgan fingerprint density at radius 1 is 1.21 bits per heavy atom. The van der Waals surface area contributed by atoms with Crippen LogP contribution in [0.2, 0.25) is 5.02 Å². The van der Waals surface area contributed by atoms with Crippen molar-refractivity contribution in [1.82, 2.24) is 15.6 Å². The molecule has 0 unspecified atom stereocenters. The van der Waals surface area contributed by atoms with Crippen molar-refractivity contribution in [3.63, 3.8) is 0 Å². The van der Waals surface area contributed by atoms with Gasteiger partial charge in [0.25, 0.3) is 5.91 Å². The third-order valence-electron chi connectivity index (χ3n) is 3.34. The summed E-state index contributed by atoms with van der Waals surface area (Å²) in [6, 6.07) is 12.1. The monoisotopic (exact) mass is 530 g/mol. The number of nitrogens with zero attached hydrogens (tertiary/aromatic N) is 3. The first-order valence-electron chi connectivity index (χ1n) is 8.10. The molecule has 3 aromatic rings. The van der Waals surface area contributed by atoms with Crippen LogP contribution in [0.3, 0.4) is 0 Å². The number of nitrogens with one attached hydrogen (secondary N) is 1. The standard InChI is InChI=1S/C18H13BrClFN4OS3/c19-13-3-6-15(21)12(7-13)8-22-23-16(26)10-28-18-25-24-17(29-18)27-9-11-1-4-14(20)5-2-11/h1-8H,9-10H2,(H,23,26)/b22-8+. The molecule has 1 N–H and O–H groups in total. The van der Waals surface area contributed by atoms with Crippen LogP contribution in [0.5, 0.6) is 0 Å². The van der Waals surface area contributed by atoms with Crippen LogP contribution in [0.4, 0.5) is 4.39 Å². The molecule has 1 heterocycles. The average Bonchev–Trinajstić information content (AvgIpc) is 3.16. The maximum absolute atomic E-state index is 13.6. The summed E-state index contributed by atoms with van der Waals surface area (Å²) >= 11 is 13.4. The first-order chi connectivity index (χ1) is 14.0. The molecule has 2 aromatic carbocycles. The molecule has 0 fully saturated rings. The van der Waals surface area contributed by atoms with E-state index in [1.807, 2.05) is 24.3 Å². The lowest BCUT2D eigenvalue weighted by Gasteiger charge is -1.99. The van der Waals surface area contributed by atoms with Gasteiger partial charge in [-0.1, -0.05) is 74.5 Å². The Hall–Kier alpha value is -1.46. The molecule has 0 aliphatic carbocycles. The molecule has 0 aliphatic heterocycles. The van der Waals surface area contributed by atoms with E-state index in [2.05, 4.69) is 36.7 Å². The van der Waals surface area contributed by atoms with Crippen LogP contribution in [-0.2, 0) is 10.5 Å². The summed E-state index contributed by atoms with van der Waals surface area (Å²) in [6.07, 6.45) is 1.26. The topological polar surface area (TPSA) is 67.2 Å². The number of halogens is 3. The van der Waals surface area contributed by atoms with Gasteiger partial charge in [0.1, 0.15) is 5.82 Å². The molecule has 0 spiro atoms. The molecule has 3 rings (SSSR count). The maximum atomic E-state index is 13.6. The lowest BCUT2D eigenvalue weighted by molar-refractivity contribution is -0.118. The number of hydrogen-bond donors (Lipinski definition) is 1. The van der Waals surface area contributed by atoms with Crippen LogP contribution in [0.25, 0.3) is 0 Å². The Kier molecular flexibility index (Phi) is 8.49. The number of thioether (sulfide) groups is 2. The van der Waals surface area contributed by atoms with E-state index in [-0.39, 0.29) is 17.2 Å². The minimum Gasteiger partial charge on any atom is -0.272 e. The van der Waals surface area contributed by atoms with Gasteiger partial charge in [-0.2, -0.15) is 5.10 Å². The van der Waals surface area contributed by atoms with E-state index in [9.17, 15) is 9.18 Å². The van der Waals surface area contributed by atoms with Gasteiger partial charge < -0.3 is 0 Å². The van der Waals surface area contributed by atoms with Crippen molar-refractivity contribution in [3.05, 3.63) is 68.9 Å². The van der Waals surface area contributed by atoms with Gasteiger partial charge in [0.05, 0.1) is 12.0 Å². The van der Waals surface area contributed by atoms with Gasteiger partial charge in [0.2, 0.25) is 0 Å². The third-order valence-corrected chi connectivity index (χ3v) is 7.35. The van der Waals surface area contributed by atoms with Crippen molar-refractivity contribution in [2.75, 3.05) is 5.75 Å². The van der Waals surface area contributed by atoms with E-state index in [0.717, 1.165) is 20.1 Å². The molecule has 0 aliphatic rings. The highest BCUT2D eigenvalue weighted by Crippen LogP contribution is 2.30. The molecular formula is C18H13BrClFN4OS3. The number of hydrazone groups is 1. The summed E-state index contributed by atoms with van der Waals surface area (Å²) in [5.41, 5.74) is 3.79. The van der Waals surface area contributed by atoms with Crippen molar-refractivity contribution in [1.29, 1.82) is 0 Å². The van der Waals surface area contributed by atoms with Crippen LogP contribution >= 0.6 is 62.4 Å². The summed E-state index contributed by atoms with van der Waals surface area (Å²) in [5, 5.41) is 12.7. The molecule has 1 amide bonds. The van der Waals surface area contributed by atoms with Crippen molar-refractivity contribution >= 4 is 74.5 Å². The number of rotatable bonds is 8. The lowest BCUT2D eigenvalue weighted by atomic mass is 10.2. The number of amides is 1. The first-order valence-corrected chi connectivity index (χ1v) is 12.1. The van der Waals surface area contributed by atoms with Gasteiger partial charge in [0, 0.05) is 20.8 Å². The van der Waals surface area contributed by atoms with E-state index in [0.29, 0.717) is 9.36 Å². The molecule has 11 heteroatoms. The third kappa shape index (κ3) is 7.38. The summed E-state index contributed by atoms with van der Waals surface area (Å²) in [5.74, 6) is 0.164. The molecule has 29 heavy (non-hydrogen) atoms. The van der Waals surface area contributed by atoms with Crippen LogP contribution < -0.4 is 5.43 Å². The Balaban J connectivity index is 1.43. The van der Waals surface area contributed by atoms with E-state index in [1.54, 1.807) is 23.9 Å². The van der Waals surface area contributed by atoms with Gasteiger partial charge in [-0.3, -0.25) is 4.79 Å². The largest absolute Gasteiger partial charge is 0.272 e. The molecule has 1 aromatic heterocycles. The zero-order valence-corrected chi connectivity index (χ0v) is 19.4. The predicted molar refractivity (Wildman–Crippen MR) is 121 cm³/mol. The second-order valence-corrected chi connectivity index (χ2v) is 10.3. The summed E-state index contributed by atoms with van der Waals surface area (Å²) < 4.78 is 15.8. The van der Waals surface area contributed by atoms with Crippen molar-refractivity contribution < 1.29 is 9.18 Å². The van der Waals surface area contributed by atoms with E-state index in [4.69, 9.17) is 11.6 Å². The highest BCUT2D eigenvalue weighted by Gasteiger charge is 2.09. The first kappa shape index (κ1) is 22.2. The highest BCUT2D eigenvalue weighted by molar-refractivity contribution is 9.10. The van der Waals surface area contributed by atoms with Gasteiger partial charge in [0.15, 0.2) is 8.68 Å². The van der Waals surface area contributed by atoms with Gasteiger partial charge in [-0.15, -0.1) is 10.2 Å². The minimum atomic E-state index is -0.418. The Bertz CT molecular complexity index is 1020. The van der Waals surface area contributed by atoms with E-state index >= 15 is 0 Å². The molecule has 5 nitrogen and oxygen atoms in total. The zero-order valence-electron chi connectivity index (χ0n) is 14.6. The number of carbonyl (C=O) groups is 1. The Labute approximate surface area is 192 Å². The fourth-order valence-electron chi connectivity index (χ4n) is 1.99. The molecule has 0 saturated heterocycles. The van der Waals surface area contributed by atoms with E-state index < -0.39 is 5.82 Å². The maximum Gasteiger partial charge on any atom is 0.250 e. The molecular weight excluding hydrogens is 519 g/mol. The normalized spacial score (nSPS) is 11.1. The van der Waals surface area contributed by atoms with Crippen LogP contribution in [0, 0.1) is 5.82 Å². The molecule has 0 bridgehead atoms. The number of carbonyl (C=O) groups excluding carboxylic acids is 1. The Morgan fingerprint density at radius 2 is 1.93 bits per heavy atom. The quantitative estimate of drug-likeness (QED) is 0.232. The summed E-state index contributed by atoms with van der Waals surface area (Å²) in [4.78, 5) is 11.9. The molecule has 150 valence electrons. The molecule has 0 saturated carbocycles. The SMILES string of the molecule is O=C(CSc1nnc(SCc2ccc(Cl)cc2)s1)N/N=C/c1cc(Br)ccc1F. The Morgan fingerprint density at radius 3 is 2.69 bits per heavy atom. The zero-order chi connectivity index (χ0) is 20.6. The highest BCUT2D eigenvalue weighted by atomic mass is 79.9. The van der Waals surface area contributed by atoms with Gasteiger partial charge in [-0.05, 0) is 35.9 Å². The predicted octanol–water partition coefficient (Wildman–Crippen LogP) is 5.63. The minimum absolute atomic E-state index is 0.134. The second kappa shape index (κ2) is 11.1. The number of benzene rings is 2. The lowest BCUT2D eigenvalue weighted by Crippen LogP contribution is -2.19. The summed E-state index contributed by atoms with van der Waals surface area (Å²) in [7, 11) is 0. The number of aromatic nitrogens is 2. The van der Waals surface area contributed by atoms with Crippen molar-refractivity contribution in [2.24, 2.45) is 5.10 Å². The fraction of sp³-hybridized carbons (Fsp3) is 0.111. The van der Waals surface area contributed by atoms with Crippen LogP contribution in [0.15, 0.2) is 60.7 Å². The van der Waals surface area contributed by atoms with Crippen molar-refractivity contribution in [3.8, 4) is 0 Å². The van der Waals surface area contributed by atoms with Gasteiger partial charge >= 0.3 is 0 Å². The van der Waals surface area contributed by atoms with Crippen LogP contribution in [-0.4, -0.2) is 28.1 Å². The van der Waals surface area contributed by atoms with E-state index in [1.165, 1.54) is 35.4 Å². The van der Waals surface area contributed by atoms with Crippen LogP contribution in [0.1, 0.15) is 11.1 Å². The average molecular weight is 532 g/mol. The molecule has 0 radical (unpaired) electrons. The fourth-order valence-corrected chi connectivity index (χ4v) is 5.26. The smallest absolute Gasteiger partial charge is 0.250 e. The summed E-state index contributed by atoms with van der Waals surface area (Å²) in [6.45, 7) is 0. The molecule has 0 atom stereocenters.